The average Bonchev–Trinajstić information content (AvgIpc) is 2.38. The lowest BCUT2D eigenvalue weighted by molar-refractivity contribution is -0.120. The Hall–Kier alpha value is -0.610. The molecule has 20 heavy (non-hydrogen) atoms. The highest BCUT2D eigenvalue weighted by Gasteiger charge is 2.00. The summed E-state index contributed by atoms with van der Waals surface area (Å²) in [5.41, 5.74) is 0. The third-order valence-corrected chi connectivity index (χ3v) is 3.15. The van der Waals surface area contributed by atoms with Gasteiger partial charge in [0.15, 0.2) is 0 Å². The van der Waals surface area contributed by atoms with E-state index >= 15 is 0 Å². The van der Waals surface area contributed by atoms with Crippen LogP contribution in [0, 0.1) is 0 Å². The third kappa shape index (κ3) is 15.4. The van der Waals surface area contributed by atoms with Crippen LogP contribution in [0.3, 0.4) is 0 Å². The molecule has 4 heteroatoms. The molecule has 0 radical (unpaired) electrons. The summed E-state index contributed by atoms with van der Waals surface area (Å²) in [6, 6.07) is 0.967. The maximum absolute atomic E-state index is 11.4. The lowest BCUT2D eigenvalue weighted by atomic mass is 10.1. The van der Waals surface area contributed by atoms with E-state index in [4.69, 9.17) is 0 Å². The molecular weight excluding hydrogens is 250 g/mol. The Morgan fingerprint density at radius 2 is 1.25 bits per heavy atom. The molecule has 0 aromatic carbocycles. The van der Waals surface area contributed by atoms with Gasteiger partial charge in [-0.15, -0.1) is 0 Å². The predicted octanol–water partition coefficient (Wildman–Crippen LogP) is 2.44. The number of hydrogen-bond acceptors (Lipinski definition) is 3. The van der Waals surface area contributed by atoms with E-state index in [1.807, 2.05) is 13.8 Å². The molecule has 0 bridgehead atoms. The van der Waals surface area contributed by atoms with Crippen LogP contribution >= 0.6 is 0 Å². The van der Waals surface area contributed by atoms with Gasteiger partial charge in [0.1, 0.15) is 0 Å². The van der Waals surface area contributed by atoms with Crippen LogP contribution in [0.4, 0.5) is 0 Å². The fourth-order valence-electron chi connectivity index (χ4n) is 1.93. The number of amides is 1. The van der Waals surface area contributed by atoms with Crippen LogP contribution in [0.2, 0.25) is 0 Å². The second-order valence-corrected chi connectivity index (χ2v) is 6.12. The van der Waals surface area contributed by atoms with E-state index in [-0.39, 0.29) is 5.91 Å². The molecule has 120 valence electrons. The van der Waals surface area contributed by atoms with Gasteiger partial charge in [-0.05, 0) is 19.4 Å². The van der Waals surface area contributed by atoms with Crippen molar-refractivity contribution in [3.05, 3.63) is 0 Å². The zero-order valence-corrected chi connectivity index (χ0v) is 13.9. The zero-order valence-electron chi connectivity index (χ0n) is 13.9. The largest absolute Gasteiger partial charge is 0.355 e. The Morgan fingerprint density at radius 1 is 0.750 bits per heavy atom. The van der Waals surface area contributed by atoms with E-state index in [1.165, 1.54) is 32.1 Å². The van der Waals surface area contributed by atoms with E-state index < -0.39 is 0 Å². The van der Waals surface area contributed by atoms with Crippen molar-refractivity contribution in [2.45, 2.75) is 78.3 Å². The minimum atomic E-state index is 0.110. The summed E-state index contributed by atoms with van der Waals surface area (Å²) in [7, 11) is 0. The van der Waals surface area contributed by atoms with Crippen LogP contribution in [-0.2, 0) is 4.79 Å². The molecule has 0 heterocycles. The fraction of sp³-hybridized carbons (Fsp3) is 0.938. The van der Waals surface area contributed by atoms with Crippen molar-refractivity contribution in [1.82, 2.24) is 16.0 Å². The summed E-state index contributed by atoms with van der Waals surface area (Å²) in [4.78, 5) is 11.4. The smallest absolute Gasteiger partial charge is 0.233 e. The van der Waals surface area contributed by atoms with Gasteiger partial charge in [-0.3, -0.25) is 4.79 Å². The molecule has 0 atom stereocenters. The molecule has 0 aliphatic rings. The number of unbranched alkanes of at least 4 members (excludes halogenated alkanes) is 5. The van der Waals surface area contributed by atoms with Crippen LogP contribution in [-0.4, -0.2) is 37.6 Å². The van der Waals surface area contributed by atoms with Crippen molar-refractivity contribution in [3.8, 4) is 0 Å². The Balaban J connectivity index is 3.14. The Morgan fingerprint density at radius 3 is 1.80 bits per heavy atom. The molecule has 0 saturated heterocycles. The molecule has 4 nitrogen and oxygen atoms in total. The molecule has 0 aromatic rings. The van der Waals surface area contributed by atoms with E-state index in [0.29, 0.717) is 18.6 Å². The Bertz CT molecular complexity index is 230. The van der Waals surface area contributed by atoms with Gasteiger partial charge < -0.3 is 16.0 Å². The zero-order chi connectivity index (χ0) is 15.2. The Labute approximate surface area is 125 Å². The van der Waals surface area contributed by atoms with Crippen molar-refractivity contribution in [3.63, 3.8) is 0 Å². The SMILES string of the molecule is CC(C)NCCCCCCCCNC(=O)CNC(C)C. The molecule has 3 N–H and O–H groups in total. The normalized spacial score (nSPS) is 11.3. The van der Waals surface area contributed by atoms with Gasteiger partial charge in [-0.25, -0.2) is 0 Å². The molecule has 0 unspecified atom stereocenters. The van der Waals surface area contributed by atoms with E-state index in [0.717, 1.165) is 19.5 Å². The number of nitrogens with one attached hydrogen (secondary N) is 3. The lowest BCUT2D eigenvalue weighted by Gasteiger charge is -2.09. The minimum absolute atomic E-state index is 0.110. The van der Waals surface area contributed by atoms with Crippen LogP contribution < -0.4 is 16.0 Å². The standard InChI is InChI=1S/C16H35N3O/c1-14(2)17-11-9-7-5-6-8-10-12-18-16(20)13-19-15(3)4/h14-15,17,19H,5-13H2,1-4H3,(H,18,20). The highest BCUT2D eigenvalue weighted by molar-refractivity contribution is 5.77. The third-order valence-electron chi connectivity index (χ3n) is 3.15. The van der Waals surface area contributed by atoms with Crippen LogP contribution in [0.15, 0.2) is 0 Å². The van der Waals surface area contributed by atoms with Crippen molar-refractivity contribution < 1.29 is 4.79 Å². The van der Waals surface area contributed by atoms with Crippen LogP contribution in [0.5, 0.6) is 0 Å². The minimum Gasteiger partial charge on any atom is -0.355 e. The number of rotatable bonds is 13. The fourth-order valence-corrected chi connectivity index (χ4v) is 1.93. The first-order chi connectivity index (χ1) is 9.52. The molecule has 0 rings (SSSR count). The van der Waals surface area contributed by atoms with Crippen molar-refractivity contribution in [2.75, 3.05) is 19.6 Å². The predicted molar refractivity (Wildman–Crippen MR) is 87.0 cm³/mol. The lowest BCUT2D eigenvalue weighted by Crippen LogP contribution is -2.37. The van der Waals surface area contributed by atoms with Gasteiger partial charge in [-0.2, -0.15) is 0 Å². The van der Waals surface area contributed by atoms with Crippen molar-refractivity contribution in [1.29, 1.82) is 0 Å². The maximum Gasteiger partial charge on any atom is 0.233 e. The topological polar surface area (TPSA) is 53.2 Å². The summed E-state index contributed by atoms with van der Waals surface area (Å²) >= 11 is 0. The van der Waals surface area contributed by atoms with Gasteiger partial charge in [0.25, 0.3) is 0 Å². The first kappa shape index (κ1) is 19.4. The highest BCUT2D eigenvalue weighted by Crippen LogP contribution is 2.04. The summed E-state index contributed by atoms with van der Waals surface area (Å²) in [5, 5.41) is 9.50. The molecule has 0 aliphatic heterocycles. The monoisotopic (exact) mass is 285 g/mol. The molecule has 0 fully saturated rings. The van der Waals surface area contributed by atoms with Gasteiger partial charge in [-0.1, -0.05) is 53.4 Å². The highest BCUT2D eigenvalue weighted by atomic mass is 16.1. The summed E-state index contributed by atoms with van der Waals surface area (Å²) in [5.74, 6) is 0.110. The molecule has 0 saturated carbocycles. The van der Waals surface area contributed by atoms with Crippen LogP contribution in [0.25, 0.3) is 0 Å². The maximum atomic E-state index is 11.4. The second kappa shape index (κ2) is 13.4. The summed E-state index contributed by atoms with van der Waals surface area (Å²) in [6.45, 7) is 10.8. The molecule has 0 aromatic heterocycles. The first-order valence-electron chi connectivity index (χ1n) is 8.26. The summed E-state index contributed by atoms with van der Waals surface area (Å²) < 4.78 is 0. The van der Waals surface area contributed by atoms with Gasteiger partial charge >= 0.3 is 0 Å². The number of carbonyl (C=O) groups is 1. The second-order valence-electron chi connectivity index (χ2n) is 6.12. The first-order valence-corrected chi connectivity index (χ1v) is 8.26. The number of hydrogen-bond donors (Lipinski definition) is 3. The van der Waals surface area contributed by atoms with E-state index in [1.54, 1.807) is 0 Å². The van der Waals surface area contributed by atoms with Gasteiger partial charge in [0.05, 0.1) is 6.54 Å². The average molecular weight is 285 g/mol. The van der Waals surface area contributed by atoms with E-state index in [9.17, 15) is 4.79 Å². The van der Waals surface area contributed by atoms with Crippen molar-refractivity contribution >= 4 is 5.91 Å². The number of carbonyl (C=O) groups excluding carboxylic acids is 1. The van der Waals surface area contributed by atoms with Crippen LogP contribution in [0.1, 0.15) is 66.2 Å². The van der Waals surface area contributed by atoms with Gasteiger partial charge in [0.2, 0.25) is 5.91 Å². The molecule has 0 aliphatic carbocycles. The Kier molecular flexibility index (Phi) is 13.0. The quantitative estimate of drug-likeness (QED) is 0.456. The molecular formula is C16H35N3O. The van der Waals surface area contributed by atoms with Gasteiger partial charge in [0, 0.05) is 18.6 Å². The van der Waals surface area contributed by atoms with E-state index in [2.05, 4.69) is 29.8 Å². The molecule has 0 spiro atoms. The molecule has 1 amide bonds. The van der Waals surface area contributed by atoms with Crippen molar-refractivity contribution in [2.24, 2.45) is 0 Å². The summed E-state index contributed by atoms with van der Waals surface area (Å²) in [6.07, 6.45) is 7.48.